The molecular weight excluding hydrogens is 503 g/mol. The predicted octanol–water partition coefficient (Wildman–Crippen LogP) is 2.79. The molecule has 0 spiro atoms. The molecule has 0 bridgehead atoms. The van der Waals surface area contributed by atoms with Crippen molar-refractivity contribution in [3.05, 3.63) is 35.9 Å². The Labute approximate surface area is 212 Å². The molecule has 1 amide bonds. The molecule has 1 saturated heterocycles. The van der Waals surface area contributed by atoms with E-state index in [1.807, 2.05) is 6.92 Å². The van der Waals surface area contributed by atoms with Crippen LogP contribution in [0, 0.1) is 12.7 Å². The molecule has 2 aliphatic heterocycles. The van der Waals surface area contributed by atoms with Gasteiger partial charge in [-0.1, -0.05) is 0 Å². The number of sulfonamides is 1. The summed E-state index contributed by atoms with van der Waals surface area (Å²) in [6, 6.07) is 2.55. The van der Waals surface area contributed by atoms with Crippen molar-refractivity contribution in [2.24, 2.45) is 0 Å². The Morgan fingerprint density at radius 2 is 2.00 bits per heavy atom. The number of halogens is 1. The molecule has 2 aromatic heterocycles. The summed E-state index contributed by atoms with van der Waals surface area (Å²) in [5, 5.41) is 13.6. The van der Waals surface area contributed by atoms with Crippen molar-refractivity contribution in [3.63, 3.8) is 0 Å². The molecule has 4 N–H and O–H groups in total. The van der Waals surface area contributed by atoms with E-state index in [1.54, 1.807) is 6.07 Å². The number of pyridine rings is 2. The topological polar surface area (TPSA) is 151 Å². The van der Waals surface area contributed by atoms with Gasteiger partial charge in [0.25, 0.3) is 0 Å². The third kappa shape index (κ3) is 3.80. The van der Waals surface area contributed by atoms with Crippen molar-refractivity contribution in [1.82, 2.24) is 14.3 Å². The van der Waals surface area contributed by atoms with Gasteiger partial charge in [0.05, 0.1) is 17.0 Å². The number of carboxylic acid groups (broad SMARTS) is 1. The van der Waals surface area contributed by atoms with Crippen molar-refractivity contribution in [3.8, 4) is 17.0 Å². The quantitative estimate of drug-likeness (QED) is 0.425. The Kier molecular flexibility index (Phi) is 5.38. The summed E-state index contributed by atoms with van der Waals surface area (Å²) in [5.74, 6) is -0.0667. The minimum absolute atomic E-state index is 0.0662. The van der Waals surface area contributed by atoms with Gasteiger partial charge in [-0.2, -0.15) is 4.31 Å². The molecular formula is C24H25FN6O5S. The van der Waals surface area contributed by atoms with Crippen molar-refractivity contribution in [1.29, 1.82) is 0 Å². The minimum Gasteiger partial charge on any atom is -0.474 e. The SMILES string of the molecule is Cc1c(-c2cc3cc(N(C(=O)O)C4CN(S(=O)(=O)C5CC5)C4)ncc3c(N)c2F)cnc2c1NCCO2. The Morgan fingerprint density at radius 3 is 2.70 bits per heavy atom. The lowest BCUT2D eigenvalue weighted by Gasteiger charge is -2.42. The molecule has 37 heavy (non-hydrogen) atoms. The van der Waals surface area contributed by atoms with Crippen LogP contribution in [-0.4, -0.2) is 71.4 Å². The van der Waals surface area contributed by atoms with Gasteiger partial charge in [-0.15, -0.1) is 0 Å². The van der Waals surface area contributed by atoms with Crippen LogP contribution in [0.4, 0.5) is 26.4 Å². The molecule has 2 fully saturated rings. The number of carbonyl (C=O) groups is 1. The smallest absolute Gasteiger partial charge is 0.413 e. The first kappa shape index (κ1) is 23.7. The summed E-state index contributed by atoms with van der Waals surface area (Å²) in [4.78, 5) is 21.8. The van der Waals surface area contributed by atoms with Crippen LogP contribution in [0.25, 0.3) is 21.9 Å². The summed E-state index contributed by atoms with van der Waals surface area (Å²) >= 11 is 0. The highest BCUT2D eigenvalue weighted by Gasteiger charge is 2.48. The normalized spacial score (nSPS) is 18.0. The van der Waals surface area contributed by atoms with Gasteiger partial charge in [0.2, 0.25) is 15.9 Å². The van der Waals surface area contributed by atoms with Crippen LogP contribution in [0.3, 0.4) is 0 Å². The molecule has 194 valence electrons. The zero-order valence-corrected chi connectivity index (χ0v) is 20.8. The summed E-state index contributed by atoms with van der Waals surface area (Å²) < 4.78 is 47.2. The number of benzene rings is 1. The molecule has 0 atom stereocenters. The number of rotatable bonds is 5. The second-order valence-corrected chi connectivity index (χ2v) is 11.7. The van der Waals surface area contributed by atoms with Crippen LogP contribution >= 0.6 is 0 Å². The summed E-state index contributed by atoms with van der Waals surface area (Å²) in [7, 11) is -3.38. The predicted molar refractivity (Wildman–Crippen MR) is 136 cm³/mol. The fraction of sp³-hybridized carbons (Fsp3) is 0.375. The minimum atomic E-state index is -3.38. The van der Waals surface area contributed by atoms with Crippen LogP contribution < -0.4 is 20.7 Å². The van der Waals surface area contributed by atoms with Gasteiger partial charge in [-0.05, 0) is 42.8 Å². The lowest BCUT2D eigenvalue weighted by molar-refractivity contribution is 0.184. The molecule has 4 heterocycles. The first-order chi connectivity index (χ1) is 17.7. The highest BCUT2D eigenvalue weighted by atomic mass is 32.2. The molecule has 11 nitrogen and oxygen atoms in total. The number of nitrogens with zero attached hydrogens (tertiary/aromatic N) is 4. The molecule has 13 heteroatoms. The van der Waals surface area contributed by atoms with Gasteiger partial charge in [-0.25, -0.2) is 27.6 Å². The van der Waals surface area contributed by atoms with Gasteiger partial charge in [0.1, 0.15) is 18.1 Å². The summed E-state index contributed by atoms with van der Waals surface area (Å²) in [6.07, 6.45) is 2.89. The van der Waals surface area contributed by atoms with E-state index in [0.29, 0.717) is 53.9 Å². The number of nitrogens with one attached hydrogen (secondary N) is 1. The fourth-order valence-corrected chi connectivity index (χ4v) is 6.83. The van der Waals surface area contributed by atoms with Crippen molar-refractivity contribution < 1.29 is 27.4 Å². The largest absolute Gasteiger partial charge is 0.474 e. The number of fused-ring (bicyclic) bond motifs is 2. The molecule has 3 aromatic rings. The molecule has 3 aliphatic rings. The van der Waals surface area contributed by atoms with Crippen LogP contribution in [0.15, 0.2) is 24.5 Å². The highest BCUT2D eigenvalue weighted by Crippen LogP contribution is 2.40. The Morgan fingerprint density at radius 1 is 1.24 bits per heavy atom. The number of hydrogen-bond acceptors (Lipinski definition) is 8. The molecule has 1 aromatic carbocycles. The monoisotopic (exact) mass is 528 g/mol. The second-order valence-electron chi connectivity index (χ2n) is 9.54. The maximum atomic E-state index is 15.4. The molecule has 0 radical (unpaired) electrons. The maximum absolute atomic E-state index is 15.4. The molecule has 1 aliphatic carbocycles. The van der Waals surface area contributed by atoms with Gasteiger partial charge in [-0.3, -0.25) is 4.90 Å². The van der Waals surface area contributed by atoms with Crippen LogP contribution in [0.1, 0.15) is 18.4 Å². The second kappa shape index (κ2) is 8.42. The van der Waals surface area contributed by atoms with E-state index in [4.69, 9.17) is 10.5 Å². The van der Waals surface area contributed by atoms with Crippen LogP contribution in [0.5, 0.6) is 5.88 Å². The van der Waals surface area contributed by atoms with E-state index in [9.17, 15) is 18.3 Å². The van der Waals surface area contributed by atoms with Gasteiger partial charge in [0, 0.05) is 48.5 Å². The van der Waals surface area contributed by atoms with Gasteiger partial charge < -0.3 is 20.9 Å². The first-order valence-corrected chi connectivity index (χ1v) is 13.4. The van der Waals surface area contributed by atoms with E-state index in [2.05, 4.69) is 15.3 Å². The van der Waals surface area contributed by atoms with Crippen LogP contribution in [0.2, 0.25) is 0 Å². The number of nitrogen functional groups attached to an aromatic ring is 1. The highest BCUT2D eigenvalue weighted by molar-refractivity contribution is 7.90. The number of hydrogen-bond donors (Lipinski definition) is 3. The lowest BCUT2D eigenvalue weighted by Crippen LogP contribution is -2.63. The Balaban J connectivity index is 1.38. The standard InChI is InChI=1S/C24H25FN6O5S/c1-12-17(8-29-23-22(12)27-4-5-36-23)16-6-13-7-19(28-9-18(13)21(26)20(16)25)31(24(32)33)14-10-30(11-14)37(34,35)15-2-3-15/h6-9,14-15,27H,2-5,10-11,26H2,1H3,(H,32,33). The van der Waals surface area contributed by atoms with Crippen molar-refractivity contribution in [2.75, 3.05) is 42.2 Å². The average molecular weight is 529 g/mol. The fourth-order valence-electron chi connectivity index (χ4n) is 4.91. The zero-order chi connectivity index (χ0) is 26.1. The third-order valence-corrected chi connectivity index (χ3v) is 9.51. The first-order valence-electron chi connectivity index (χ1n) is 11.9. The van der Waals surface area contributed by atoms with Gasteiger partial charge in [0.15, 0.2) is 5.82 Å². The lowest BCUT2D eigenvalue weighted by atomic mass is 9.97. The summed E-state index contributed by atoms with van der Waals surface area (Å²) in [5.41, 5.74) is 8.21. The van der Waals surface area contributed by atoms with E-state index in [1.165, 1.54) is 22.8 Å². The number of amides is 1. The number of nitrogens with two attached hydrogens (primary N) is 1. The van der Waals surface area contributed by atoms with E-state index in [-0.39, 0.29) is 35.4 Å². The Bertz CT molecular complexity index is 1560. The summed E-state index contributed by atoms with van der Waals surface area (Å²) in [6.45, 7) is 3.05. The van der Waals surface area contributed by atoms with E-state index >= 15 is 4.39 Å². The van der Waals surface area contributed by atoms with E-state index in [0.717, 1.165) is 10.5 Å². The van der Waals surface area contributed by atoms with Gasteiger partial charge >= 0.3 is 6.09 Å². The van der Waals surface area contributed by atoms with Crippen molar-refractivity contribution in [2.45, 2.75) is 31.1 Å². The van der Waals surface area contributed by atoms with Crippen LogP contribution in [-0.2, 0) is 10.0 Å². The molecule has 6 rings (SSSR count). The number of anilines is 3. The third-order valence-electron chi connectivity index (χ3n) is 7.17. The molecule has 0 unspecified atom stereocenters. The number of ether oxygens (including phenoxy) is 1. The molecule has 1 saturated carbocycles. The Hall–Kier alpha value is -3.71. The maximum Gasteiger partial charge on any atom is 0.413 e. The average Bonchev–Trinajstić information content (AvgIpc) is 3.70. The van der Waals surface area contributed by atoms with Crippen molar-refractivity contribution >= 4 is 44.1 Å². The van der Waals surface area contributed by atoms with E-state index < -0.39 is 28.0 Å². The number of aromatic nitrogens is 2. The zero-order valence-electron chi connectivity index (χ0n) is 19.9.